The Morgan fingerprint density at radius 1 is 1.35 bits per heavy atom. The van der Waals surface area contributed by atoms with E-state index in [1.165, 1.54) is 11.5 Å². The van der Waals surface area contributed by atoms with E-state index in [0.29, 0.717) is 6.10 Å². The Morgan fingerprint density at radius 2 is 2.15 bits per heavy atom. The highest BCUT2D eigenvalue weighted by atomic mass is 32.1. The third-order valence-corrected chi connectivity index (χ3v) is 4.96. The number of ether oxygens (including phenoxy) is 2. The summed E-state index contributed by atoms with van der Waals surface area (Å²) in [5.41, 5.74) is 1.58. The lowest BCUT2D eigenvalue weighted by molar-refractivity contribution is -0.0260. The van der Waals surface area contributed by atoms with Gasteiger partial charge in [0.1, 0.15) is 16.6 Å². The number of rotatable bonds is 3. The summed E-state index contributed by atoms with van der Waals surface area (Å²) in [6, 6.07) is 2.27. The van der Waals surface area contributed by atoms with Crippen LogP contribution in [-0.4, -0.2) is 42.9 Å². The van der Waals surface area contributed by atoms with E-state index in [0.717, 1.165) is 61.8 Å². The highest BCUT2D eigenvalue weighted by Crippen LogP contribution is 2.31. The zero-order chi connectivity index (χ0) is 13.9. The molecule has 0 bridgehead atoms. The lowest BCUT2D eigenvalue weighted by atomic mass is 10.1. The molecule has 3 heterocycles. The van der Waals surface area contributed by atoms with Gasteiger partial charge in [-0.05, 0) is 37.7 Å². The van der Waals surface area contributed by atoms with Crippen LogP contribution in [-0.2, 0) is 9.47 Å². The average molecular weight is 293 g/mol. The van der Waals surface area contributed by atoms with E-state index in [1.54, 1.807) is 0 Å². The first-order chi connectivity index (χ1) is 9.78. The van der Waals surface area contributed by atoms with Crippen LogP contribution in [0.25, 0.3) is 0 Å². The first-order valence-corrected chi connectivity index (χ1v) is 7.90. The van der Waals surface area contributed by atoms with Crippen molar-refractivity contribution in [2.24, 2.45) is 0 Å². The van der Waals surface area contributed by atoms with Gasteiger partial charge in [-0.2, -0.15) is 9.64 Å². The largest absolute Gasteiger partial charge is 0.379 e. The predicted octanol–water partition coefficient (Wildman–Crippen LogP) is 2.10. The van der Waals surface area contributed by atoms with Crippen molar-refractivity contribution in [1.29, 1.82) is 5.26 Å². The second kappa shape index (κ2) is 6.08. The Morgan fingerprint density at radius 3 is 2.80 bits per heavy atom. The second-order valence-electron chi connectivity index (χ2n) is 5.37. The van der Waals surface area contributed by atoms with E-state index in [4.69, 9.17) is 9.47 Å². The van der Waals surface area contributed by atoms with Crippen molar-refractivity contribution in [2.75, 3.05) is 31.2 Å². The molecule has 0 radical (unpaired) electrons. The number of hydrogen-bond acceptors (Lipinski definition) is 6. The van der Waals surface area contributed by atoms with Gasteiger partial charge in [-0.25, -0.2) is 0 Å². The molecule has 20 heavy (non-hydrogen) atoms. The van der Waals surface area contributed by atoms with Crippen LogP contribution in [0.1, 0.15) is 30.5 Å². The Kier molecular flexibility index (Phi) is 4.20. The Hall–Kier alpha value is -1.16. The number of aryl methyl sites for hydroxylation is 1. The molecule has 1 aromatic rings. The van der Waals surface area contributed by atoms with E-state index < -0.39 is 0 Å². The van der Waals surface area contributed by atoms with Crippen molar-refractivity contribution in [3.05, 3.63) is 11.3 Å². The van der Waals surface area contributed by atoms with Gasteiger partial charge >= 0.3 is 0 Å². The highest BCUT2D eigenvalue weighted by Gasteiger charge is 2.27. The summed E-state index contributed by atoms with van der Waals surface area (Å²) in [6.45, 7) is 5.35. The maximum atomic E-state index is 9.21. The van der Waals surface area contributed by atoms with E-state index in [1.807, 2.05) is 6.92 Å². The molecule has 0 aromatic carbocycles. The van der Waals surface area contributed by atoms with E-state index in [9.17, 15) is 5.26 Å². The van der Waals surface area contributed by atoms with Gasteiger partial charge in [0, 0.05) is 19.7 Å². The summed E-state index contributed by atoms with van der Waals surface area (Å²) >= 11 is 1.43. The normalized spacial score (nSPS) is 24.0. The first-order valence-electron chi connectivity index (χ1n) is 7.12. The van der Waals surface area contributed by atoms with Crippen molar-refractivity contribution in [2.45, 2.75) is 38.4 Å². The van der Waals surface area contributed by atoms with Gasteiger partial charge in [-0.1, -0.05) is 0 Å². The highest BCUT2D eigenvalue weighted by molar-refractivity contribution is 7.10. The van der Waals surface area contributed by atoms with Crippen LogP contribution in [0, 0.1) is 18.3 Å². The fraction of sp³-hybridized carbons (Fsp3) is 0.714. The molecule has 0 unspecified atom stereocenters. The van der Waals surface area contributed by atoms with E-state index in [-0.39, 0.29) is 6.10 Å². The standard InChI is InChI=1S/C14H19N3O2S/c1-10-13(8-15)14(20-16-10)17-5-2-11(3-6-17)19-12-4-7-18-9-12/h11-12H,2-7,9H2,1H3/t12-/m0/s1. The zero-order valence-corrected chi connectivity index (χ0v) is 12.5. The molecule has 108 valence electrons. The summed E-state index contributed by atoms with van der Waals surface area (Å²) < 4.78 is 15.7. The van der Waals surface area contributed by atoms with Gasteiger partial charge < -0.3 is 14.4 Å². The summed E-state index contributed by atoms with van der Waals surface area (Å²) in [6.07, 6.45) is 3.66. The molecule has 1 aromatic heterocycles. The fourth-order valence-corrected chi connectivity index (χ4v) is 3.69. The molecule has 2 aliphatic rings. The van der Waals surface area contributed by atoms with Crippen LogP contribution in [0.2, 0.25) is 0 Å². The summed E-state index contributed by atoms with van der Waals surface area (Å²) in [5.74, 6) is 0. The van der Waals surface area contributed by atoms with E-state index in [2.05, 4.69) is 15.3 Å². The molecule has 6 heteroatoms. The molecule has 5 nitrogen and oxygen atoms in total. The van der Waals surface area contributed by atoms with Crippen molar-refractivity contribution >= 4 is 16.5 Å². The van der Waals surface area contributed by atoms with Gasteiger partial charge in [-0.15, -0.1) is 0 Å². The van der Waals surface area contributed by atoms with Gasteiger partial charge in [0.2, 0.25) is 0 Å². The molecule has 0 saturated carbocycles. The molecule has 2 fully saturated rings. The van der Waals surface area contributed by atoms with Crippen molar-refractivity contribution < 1.29 is 9.47 Å². The molecule has 0 aliphatic carbocycles. The lowest BCUT2D eigenvalue weighted by Gasteiger charge is -2.33. The smallest absolute Gasteiger partial charge is 0.130 e. The third kappa shape index (κ3) is 2.80. The number of nitrogens with zero attached hydrogens (tertiary/aromatic N) is 3. The minimum absolute atomic E-state index is 0.284. The molecule has 0 N–H and O–H groups in total. The molecule has 3 rings (SSSR count). The quantitative estimate of drug-likeness (QED) is 0.854. The fourth-order valence-electron chi connectivity index (χ4n) is 2.79. The molecule has 2 saturated heterocycles. The number of piperidine rings is 1. The first kappa shape index (κ1) is 13.8. The second-order valence-corrected chi connectivity index (χ2v) is 6.12. The van der Waals surface area contributed by atoms with Crippen molar-refractivity contribution in [3.63, 3.8) is 0 Å². The topological polar surface area (TPSA) is 58.4 Å². The summed E-state index contributed by atoms with van der Waals surface area (Å²) in [4.78, 5) is 2.27. The SMILES string of the molecule is Cc1nsc(N2CCC(O[C@H]3CCOC3)CC2)c1C#N. The molecular formula is C14H19N3O2S. The van der Waals surface area contributed by atoms with Gasteiger partial charge in [0.15, 0.2) is 0 Å². The maximum absolute atomic E-state index is 9.21. The van der Waals surface area contributed by atoms with Crippen LogP contribution in [0.15, 0.2) is 0 Å². The minimum Gasteiger partial charge on any atom is -0.379 e. The van der Waals surface area contributed by atoms with Gasteiger partial charge in [-0.3, -0.25) is 0 Å². The third-order valence-electron chi connectivity index (χ3n) is 3.96. The summed E-state index contributed by atoms with van der Waals surface area (Å²) in [5, 5.41) is 10.2. The average Bonchev–Trinajstić information content (AvgIpc) is 3.09. The van der Waals surface area contributed by atoms with Gasteiger partial charge in [0.25, 0.3) is 0 Å². The number of aromatic nitrogens is 1. The van der Waals surface area contributed by atoms with Gasteiger partial charge in [0.05, 0.1) is 24.5 Å². The monoisotopic (exact) mass is 293 g/mol. The van der Waals surface area contributed by atoms with Crippen LogP contribution in [0.3, 0.4) is 0 Å². The predicted molar refractivity (Wildman–Crippen MR) is 77.1 cm³/mol. The zero-order valence-electron chi connectivity index (χ0n) is 11.7. The molecule has 0 spiro atoms. The molecular weight excluding hydrogens is 274 g/mol. The Bertz CT molecular complexity index is 497. The molecule has 0 amide bonds. The van der Waals surface area contributed by atoms with Crippen LogP contribution in [0.5, 0.6) is 0 Å². The number of nitriles is 1. The van der Waals surface area contributed by atoms with E-state index >= 15 is 0 Å². The van der Waals surface area contributed by atoms with Crippen LogP contribution in [0.4, 0.5) is 5.00 Å². The van der Waals surface area contributed by atoms with Crippen molar-refractivity contribution in [3.8, 4) is 6.07 Å². The van der Waals surface area contributed by atoms with Crippen LogP contribution < -0.4 is 4.90 Å². The maximum Gasteiger partial charge on any atom is 0.130 e. The Labute approximate surface area is 123 Å². The van der Waals surface area contributed by atoms with Crippen molar-refractivity contribution in [1.82, 2.24) is 4.37 Å². The molecule has 2 aliphatic heterocycles. The Balaban J connectivity index is 1.56. The summed E-state index contributed by atoms with van der Waals surface area (Å²) in [7, 11) is 0. The number of hydrogen-bond donors (Lipinski definition) is 0. The molecule has 1 atom stereocenters. The lowest BCUT2D eigenvalue weighted by Crippen LogP contribution is -2.38. The number of anilines is 1. The minimum atomic E-state index is 0.284. The van der Waals surface area contributed by atoms with Crippen LogP contribution >= 0.6 is 11.5 Å².